The van der Waals surface area contributed by atoms with Gasteiger partial charge in [0.2, 0.25) is 5.91 Å². The molecule has 27 heavy (non-hydrogen) atoms. The SMILES string of the molecule is CC(C)C(NC(=O)Nc1ccc(C(F)(F)F)cc1)c1nccn1CC(N)=O. The molecule has 0 saturated carbocycles. The van der Waals surface area contributed by atoms with Crippen molar-refractivity contribution in [3.05, 3.63) is 48.0 Å². The molecule has 7 nitrogen and oxygen atoms in total. The highest BCUT2D eigenvalue weighted by atomic mass is 19.4. The summed E-state index contributed by atoms with van der Waals surface area (Å²) in [5.41, 5.74) is 4.62. The molecule has 0 aliphatic rings. The van der Waals surface area contributed by atoms with Crippen LogP contribution in [0.15, 0.2) is 36.7 Å². The predicted molar refractivity (Wildman–Crippen MR) is 92.6 cm³/mol. The maximum Gasteiger partial charge on any atom is 0.416 e. The van der Waals surface area contributed by atoms with Gasteiger partial charge in [-0.15, -0.1) is 0 Å². The first-order chi connectivity index (χ1) is 12.6. The third-order valence-corrected chi connectivity index (χ3v) is 3.78. The molecule has 2 aromatic rings. The van der Waals surface area contributed by atoms with E-state index >= 15 is 0 Å². The lowest BCUT2D eigenvalue weighted by atomic mass is 10.0. The van der Waals surface area contributed by atoms with Gasteiger partial charge in [0.15, 0.2) is 0 Å². The number of anilines is 1. The number of hydrogen-bond donors (Lipinski definition) is 3. The number of benzene rings is 1. The van der Waals surface area contributed by atoms with E-state index < -0.39 is 29.7 Å². The fourth-order valence-electron chi connectivity index (χ4n) is 2.48. The first-order valence-corrected chi connectivity index (χ1v) is 8.12. The highest BCUT2D eigenvalue weighted by Gasteiger charge is 2.30. The van der Waals surface area contributed by atoms with Crippen LogP contribution in [0.5, 0.6) is 0 Å². The molecule has 0 saturated heterocycles. The lowest BCUT2D eigenvalue weighted by molar-refractivity contribution is -0.137. The maximum absolute atomic E-state index is 12.6. The van der Waals surface area contributed by atoms with E-state index in [4.69, 9.17) is 5.73 Å². The lowest BCUT2D eigenvalue weighted by Crippen LogP contribution is -2.37. The third kappa shape index (κ3) is 5.47. The molecule has 146 valence electrons. The van der Waals surface area contributed by atoms with Crippen molar-refractivity contribution in [3.63, 3.8) is 0 Å². The van der Waals surface area contributed by atoms with E-state index in [2.05, 4.69) is 15.6 Å². The molecule has 0 aliphatic heterocycles. The normalized spacial score (nSPS) is 12.7. The maximum atomic E-state index is 12.6. The first-order valence-electron chi connectivity index (χ1n) is 8.12. The quantitative estimate of drug-likeness (QED) is 0.715. The standard InChI is InChI=1S/C17H20F3N5O2/c1-10(2)14(15-22-7-8-25(15)9-13(21)26)24-16(27)23-12-5-3-11(4-6-12)17(18,19)20/h3-8,10,14H,9H2,1-2H3,(H2,21,26)(H2,23,24,27). The smallest absolute Gasteiger partial charge is 0.368 e. The number of imidazole rings is 1. The number of urea groups is 1. The van der Waals surface area contributed by atoms with Gasteiger partial charge in [-0.05, 0) is 30.2 Å². The van der Waals surface area contributed by atoms with Crippen molar-refractivity contribution < 1.29 is 22.8 Å². The van der Waals surface area contributed by atoms with Crippen LogP contribution in [0, 0.1) is 5.92 Å². The Hall–Kier alpha value is -3.04. The Balaban J connectivity index is 2.10. The van der Waals surface area contributed by atoms with Gasteiger partial charge in [-0.25, -0.2) is 9.78 Å². The van der Waals surface area contributed by atoms with Crippen LogP contribution in [-0.2, 0) is 17.5 Å². The fourth-order valence-corrected chi connectivity index (χ4v) is 2.48. The molecule has 3 amide bonds. The van der Waals surface area contributed by atoms with E-state index in [0.29, 0.717) is 5.82 Å². The number of nitrogens with one attached hydrogen (secondary N) is 2. The zero-order chi connectivity index (χ0) is 20.2. The number of alkyl halides is 3. The zero-order valence-corrected chi connectivity index (χ0v) is 14.7. The van der Waals surface area contributed by atoms with Crippen LogP contribution in [0.4, 0.5) is 23.7 Å². The van der Waals surface area contributed by atoms with E-state index in [1.165, 1.54) is 22.9 Å². The van der Waals surface area contributed by atoms with E-state index in [1.807, 2.05) is 13.8 Å². The second-order valence-corrected chi connectivity index (χ2v) is 6.27. The number of hydrogen-bond acceptors (Lipinski definition) is 3. The van der Waals surface area contributed by atoms with Crippen molar-refractivity contribution in [2.75, 3.05) is 5.32 Å². The number of aromatic nitrogens is 2. The Bertz CT molecular complexity index is 800. The van der Waals surface area contributed by atoms with Gasteiger partial charge in [-0.3, -0.25) is 4.79 Å². The number of rotatable bonds is 6. The molecule has 1 atom stereocenters. The summed E-state index contributed by atoms with van der Waals surface area (Å²) < 4.78 is 39.3. The highest BCUT2D eigenvalue weighted by molar-refractivity contribution is 5.89. The molecule has 10 heteroatoms. The number of carbonyl (C=O) groups is 2. The van der Waals surface area contributed by atoms with Gasteiger partial charge in [0.25, 0.3) is 0 Å². The lowest BCUT2D eigenvalue weighted by Gasteiger charge is -2.23. The van der Waals surface area contributed by atoms with Gasteiger partial charge in [-0.2, -0.15) is 13.2 Å². The predicted octanol–water partition coefficient (Wildman–Crippen LogP) is 2.91. The van der Waals surface area contributed by atoms with Crippen LogP contribution < -0.4 is 16.4 Å². The summed E-state index contributed by atoms with van der Waals surface area (Å²) in [4.78, 5) is 27.6. The molecule has 0 aliphatic carbocycles. The summed E-state index contributed by atoms with van der Waals surface area (Å²) >= 11 is 0. The number of amides is 3. The van der Waals surface area contributed by atoms with Crippen molar-refractivity contribution in [2.45, 2.75) is 32.6 Å². The van der Waals surface area contributed by atoms with Crippen LogP contribution in [0.3, 0.4) is 0 Å². The van der Waals surface area contributed by atoms with Gasteiger partial charge in [0.1, 0.15) is 12.4 Å². The van der Waals surface area contributed by atoms with E-state index in [0.717, 1.165) is 12.1 Å². The van der Waals surface area contributed by atoms with Crippen molar-refractivity contribution >= 4 is 17.6 Å². The van der Waals surface area contributed by atoms with Crippen molar-refractivity contribution in [1.29, 1.82) is 0 Å². The Labute approximate surface area is 153 Å². The molecule has 0 radical (unpaired) electrons. The van der Waals surface area contributed by atoms with Crippen LogP contribution in [0.2, 0.25) is 0 Å². The van der Waals surface area contributed by atoms with Gasteiger partial charge in [0.05, 0.1) is 11.6 Å². The van der Waals surface area contributed by atoms with Crippen molar-refractivity contribution in [2.24, 2.45) is 11.7 Å². The second kappa shape index (κ2) is 8.11. The average molecular weight is 383 g/mol. The van der Waals surface area contributed by atoms with Crippen LogP contribution in [-0.4, -0.2) is 21.5 Å². The van der Waals surface area contributed by atoms with Crippen LogP contribution in [0.1, 0.15) is 31.3 Å². The molecule has 1 aromatic heterocycles. The molecule has 0 bridgehead atoms. The largest absolute Gasteiger partial charge is 0.416 e. The third-order valence-electron chi connectivity index (χ3n) is 3.78. The van der Waals surface area contributed by atoms with Gasteiger partial charge in [0, 0.05) is 18.1 Å². The molecular formula is C17H20F3N5O2. The summed E-state index contributed by atoms with van der Waals surface area (Å²) in [5.74, 6) is -0.172. The van der Waals surface area contributed by atoms with E-state index in [-0.39, 0.29) is 18.2 Å². The number of nitrogens with zero attached hydrogens (tertiary/aromatic N) is 2. The fraction of sp³-hybridized carbons (Fsp3) is 0.353. The number of primary amides is 1. The summed E-state index contributed by atoms with van der Waals surface area (Å²) in [7, 11) is 0. The van der Waals surface area contributed by atoms with Gasteiger partial charge in [-0.1, -0.05) is 13.8 Å². The molecule has 0 fully saturated rings. The molecule has 1 unspecified atom stereocenters. The number of halogens is 3. The Morgan fingerprint density at radius 2 is 1.85 bits per heavy atom. The topological polar surface area (TPSA) is 102 Å². The Morgan fingerprint density at radius 3 is 2.37 bits per heavy atom. The Kier molecular flexibility index (Phi) is 6.09. The number of nitrogens with two attached hydrogens (primary N) is 1. The molecule has 1 heterocycles. The van der Waals surface area contributed by atoms with Crippen LogP contribution in [0.25, 0.3) is 0 Å². The summed E-state index contributed by atoms with van der Waals surface area (Å²) in [6, 6.07) is 2.96. The van der Waals surface area contributed by atoms with Crippen LogP contribution >= 0.6 is 0 Å². The minimum Gasteiger partial charge on any atom is -0.368 e. The molecule has 4 N–H and O–H groups in total. The minimum atomic E-state index is -4.44. The van der Waals surface area contributed by atoms with Gasteiger partial charge < -0.3 is 20.9 Å². The monoisotopic (exact) mass is 383 g/mol. The summed E-state index contributed by atoms with van der Waals surface area (Å²) in [6.07, 6.45) is -1.38. The number of carbonyl (C=O) groups excluding carboxylic acids is 2. The summed E-state index contributed by atoms with van der Waals surface area (Å²) in [6.45, 7) is 3.62. The molecule has 0 spiro atoms. The van der Waals surface area contributed by atoms with E-state index in [9.17, 15) is 22.8 Å². The molecular weight excluding hydrogens is 363 g/mol. The molecule has 1 aromatic carbocycles. The average Bonchev–Trinajstić information content (AvgIpc) is 2.99. The van der Waals surface area contributed by atoms with Crippen molar-refractivity contribution in [3.8, 4) is 0 Å². The second-order valence-electron chi connectivity index (χ2n) is 6.27. The van der Waals surface area contributed by atoms with Crippen molar-refractivity contribution in [1.82, 2.24) is 14.9 Å². The van der Waals surface area contributed by atoms with Gasteiger partial charge >= 0.3 is 12.2 Å². The molecule has 2 rings (SSSR count). The zero-order valence-electron chi connectivity index (χ0n) is 14.7. The van der Waals surface area contributed by atoms with E-state index in [1.54, 1.807) is 6.20 Å². The first kappa shape index (κ1) is 20.3. The summed E-state index contributed by atoms with van der Waals surface area (Å²) in [5, 5.41) is 5.20. The minimum absolute atomic E-state index is 0.0719. The Morgan fingerprint density at radius 1 is 1.22 bits per heavy atom. The highest BCUT2D eigenvalue weighted by Crippen LogP contribution is 2.29.